The van der Waals surface area contributed by atoms with Gasteiger partial charge in [-0.1, -0.05) is 0 Å². The molecule has 1 aromatic carbocycles. The summed E-state index contributed by atoms with van der Waals surface area (Å²) >= 11 is 0. The Kier molecular flexibility index (Phi) is 3.56. The van der Waals surface area contributed by atoms with Gasteiger partial charge < -0.3 is 14.2 Å². The Balaban J connectivity index is 3.09. The molecule has 0 saturated heterocycles. The lowest BCUT2D eigenvalue weighted by molar-refractivity contribution is 0.309. The molecule has 0 heterocycles. The van der Waals surface area contributed by atoms with E-state index in [9.17, 15) is 4.39 Å². The van der Waals surface area contributed by atoms with Crippen molar-refractivity contribution in [1.29, 1.82) is 0 Å². The van der Waals surface area contributed by atoms with Crippen LogP contribution in [0.25, 0.3) is 0 Å². The molecule has 0 N–H and O–H groups in total. The third kappa shape index (κ3) is 2.07. The van der Waals surface area contributed by atoms with Gasteiger partial charge in [-0.15, -0.1) is 0 Å². The molecule has 0 unspecified atom stereocenters. The van der Waals surface area contributed by atoms with Gasteiger partial charge in [0, 0.05) is 12.1 Å². The largest absolute Gasteiger partial charge is 0.493 e. The smallest absolute Gasteiger partial charge is 0.169 e. The van der Waals surface area contributed by atoms with Gasteiger partial charge in [0.2, 0.25) is 0 Å². The Labute approximate surface area is 82.4 Å². The van der Waals surface area contributed by atoms with Gasteiger partial charge in [0.1, 0.15) is 0 Å². The fraction of sp³-hybridized carbons (Fsp3) is 0.400. The second-order valence-electron chi connectivity index (χ2n) is 2.57. The van der Waals surface area contributed by atoms with E-state index in [-0.39, 0.29) is 5.75 Å². The molecule has 1 aromatic rings. The van der Waals surface area contributed by atoms with E-state index in [4.69, 9.17) is 14.2 Å². The molecule has 0 amide bonds. The van der Waals surface area contributed by atoms with E-state index in [1.54, 1.807) is 6.92 Å². The predicted molar refractivity (Wildman–Crippen MR) is 50.7 cm³/mol. The molecule has 0 saturated carbocycles. The van der Waals surface area contributed by atoms with Crippen LogP contribution in [0.4, 0.5) is 4.39 Å². The van der Waals surface area contributed by atoms with Crippen LogP contribution >= 0.6 is 0 Å². The normalized spacial score (nSPS) is 9.71. The highest BCUT2D eigenvalue weighted by Gasteiger charge is 2.11. The van der Waals surface area contributed by atoms with Gasteiger partial charge in [-0.05, 0) is 6.92 Å². The Morgan fingerprint density at radius 3 is 2.14 bits per heavy atom. The molecule has 3 nitrogen and oxygen atoms in total. The van der Waals surface area contributed by atoms with Crippen LogP contribution in [0.1, 0.15) is 6.92 Å². The van der Waals surface area contributed by atoms with Crippen molar-refractivity contribution in [2.75, 3.05) is 20.8 Å². The SMILES string of the molecule is CCOc1cc(OC)c(OC)cc1F. The van der Waals surface area contributed by atoms with Crippen molar-refractivity contribution >= 4 is 0 Å². The second kappa shape index (κ2) is 4.69. The van der Waals surface area contributed by atoms with Gasteiger partial charge in [-0.2, -0.15) is 0 Å². The highest BCUT2D eigenvalue weighted by molar-refractivity contribution is 5.46. The van der Waals surface area contributed by atoms with E-state index in [2.05, 4.69) is 0 Å². The molecular weight excluding hydrogens is 187 g/mol. The summed E-state index contributed by atoms with van der Waals surface area (Å²) in [5.41, 5.74) is 0. The molecule has 78 valence electrons. The van der Waals surface area contributed by atoms with Gasteiger partial charge in [-0.3, -0.25) is 0 Å². The highest BCUT2D eigenvalue weighted by Crippen LogP contribution is 2.33. The van der Waals surface area contributed by atoms with E-state index >= 15 is 0 Å². The minimum absolute atomic E-state index is 0.171. The molecule has 0 aliphatic heterocycles. The van der Waals surface area contributed by atoms with Crippen molar-refractivity contribution in [2.45, 2.75) is 6.92 Å². The average molecular weight is 200 g/mol. The Morgan fingerprint density at radius 2 is 1.64 bits per heavy atom. The van der Waals surface area contributed by atoms with Gasteiger partial charge in [0.05, 0.1) is 20.8 Å². The topological polar surface area (TPSA) is 27.7 Å². The monoisotopic (exact) mass is 200 g/mol. The molecule has 0 spiro atoms. The van der Waals surface area contributed by atoms with Crippen LogP contribution in [0, 0.1) is 5.82 Å². The molecule has 0 atom stereocenters. The quantitative estimate of drug-likeness (QED) is 0.746. The third-order valence-electron chi connectivity index (χ3n) is 1.74. The van der Waals surface area contributed by atoms with Gasteiger partial charge in [0.25, 0.3) is 0 Å². The van der Waals surface area contributed by atoms with Crippen LogP contribution in [-0.4, -0.2) is 20.8 Å². The molecular formula is C10H13FO3. The van der Waals surface area contributed by atoms with Crippen LogP contribution in [0.5, 0.6) is 17.2 Å². The number of methoxy groups -OCH3 is 2. The zero-order valence-corrected chi connectivity index (χ0v) is 8.46. The summed E-state index contributed by atoms with van der Waals surface area (Å²) in [4.78, 5) is 0. The van der Waals surface area contributed by atoms with E-state index < -0.39 is 5.82 Å². The van der Waals surface area contributed by atoms with Crippen LogP contribution in [-0.2, 0) is 0 Å². The second-order valence-corrected chi connectivity index (χ2v) is 2.57. The minimum atomic E-state index is -0.454. The zero-order chi connectivity index (χ0) is 10.6. The summed E-state index contributed by atoms with van der Waals surface area (Å²) < 4.78 is 28.3. The number of rotatable bonds is 4. The molecule has 4 heteroatoms. The van der Waals surface area contributed by atoms with Crippen LogP contribution < -0.4 is 14.2 Å². The van der Waals surface area contributed by atoms with Gasteiger partial charge >= 0.3 is 0 Å². The number of benzene rings is 1. The summed E-state index contributed by atoms with van der Waals surface area (Å²) in [6.45, 7) is 2.20. The lowest BCUT2D eigenvalue weighted by Gasteiger charge is -2.10. The van der Waals surface area contributed by atoms with Crippen molar-refractivity contribution in [3.05, 3.63) is 17.9 Å². The van der Waals surface area contributed by atoms with E-state index in [1.165, 1.54) is 26.4 Å². The molecule has 0 aliphatic carbocycles. The third-order valence-corrected chi connectivity index (χ3v) is 1.74. The molecule has 1 rings (SSSR count). The summed E-state index contributed by atoms with van der Waals surface area (Å²) in [5, 5.41) is 0. The number of ether oxygens (including phenoxy) is 3. The van der Waals surface area contributed by atoms with E-state index in [1.807, 2.05) is 0 Å². The van der Waals surface area contributed by atoms with Crippen molar-refractivity contribution < 1.29 is 18.6 Å². The van der Waals surface area contributed by atoms with Crippen LogP contribution in [0.3, 0.4) is 0 Å². The first kappa shape index (κ1) is 10.6. The molecule has 0 aliphatic rings. The summed E-state index contributed by atoms with van der Waals surface area (Å²) in [6.07, 6.45) is 0. The maximum Gasteiger partial charge on any atom is 0.169 e. The average Bonchev–Trinajstić information content (AvgIpc) is 2.20. The molecule has 0 aromatic heterocycles. The summed E-state index contributed by atoms with van der Waals surface area (Å²) in [5.74, 6) is 0.528. The predicted octanol–water partition coefficient (Wildman–Crippen LogP) is 2.24. The van der Waals surface area contributed by atoms with Crippen molar-refractivity contribution in [1.82, 2.24) is 0 Å². The molecule has 14 heavy (non-hydrogen) atoms. The Bertz CT molecular complexity index is 312. The number of hydrogen-bond acceptors (Lipinski definition) is 3. The molecule has 0 fully saturated rings. The fourth-order valence-corrected chi connectivity index (χ4v) is 1.10. The maximum atomic E-state index is 13.3. The first-order valence-electron chi connectivity index (χ1n) is 4.27. The Hall–Kier alpha value is -1.45. The lowest BCUT2D eigenvalue weighted by atomic mass is 10.3. The van der Waals surface area contributed by atoms with Gasteiger partial charge in [0.15, 0.2) is 23.1 Å². The van der Waals surface area contributed by atoms with E-state index in [0.29, 0.717) is 18.1 Å². The molecule has 0 radical (unpaired) electrons. The zero-order valence-electron chi connectivity index (χ0n) is 8.46. The van der Waals surface area contributed by atoms with Crippen molar-refractivity contribution in [3.8, 4) is 17.2 Å². The fourth-order valence-electron chi connectivity index (χ4n) is 1.10. The van der Waals surface area contributed by atoms with Gasteiger partial charge in [-0.25, -0.2) is 4.39 Å². The molecule has 0 bridgehead atoms. The van der Waals surface area contributed by atoms with Crippen LogP contribution in [0.2, 0.25) is 0 Å². The lowest BCUT2D eigenvalue weighted by Crippen LogP contribution is -1.97. The maximum absolute atomic E-state index is 13.3. The standard InChI is InChI=1S/C10H13FO3/c1-4-14-8-6-10(13-3)9(12-2)5-7(8)11/h5-6H,4H2,1-3H3. The minimum Gasteiger partial charge on any atom is -0.493 e. The van der Waals surface area contributed by atoms with Crippen molar-refractivity contribution in [3.63, 3.8) is 0 Å². The first-order valence-corrected chi connectivity index (χ1v) is 4.27. The van der Waals surface area contributed by atoms with Crippen LogP contribution in [0.15, 0.2) is 12.1 Å². The van der Waals surface area contributed by atoms with Crippen molar-refractivity contribution in [2.24, 2.45) is 0 Å². The number of halogens is 1. The first-order chi connectivity index (χ1) is 6.72. The Morgan fingerprint density at radius 1 is 1.07 bits per heavy atom. The number of hydrogen-bond donors (Lipinski definition) is 0. The van der Waals surface area contributed by atoms with E-state index in [0.717, 1.165) is 0 Å². The summed E-state index contributed by atoms with van der Waals surface area (Å²) in [6, 6.07) is 2.71. The highest BCUT2D eigenvalue weighted by atomic mass is 19.1. The summed E-state index contributed by atoms with van der Waals surface area (Å²) in [7, 11) is 2.95.